The summed E-state index contributed by atoms with van der Waals surface area (Å²) in [6.45, 7) is 3.17. The maximum atomic E-state index is 12.3. The van der Waals surface area contributed by atoms with Crippen LogP contribution < -0.4 is 5.32 Å². The zero-order valence-electron chi connectivity index (χ0n) is 11.8. The first kappa shape index (κ1) is 14.0. The van der Waals surface area contributed by atoms with E-state index in [4.69, 9.17) is 0 Å². The minimum absolute atomic E-state index is 0.0347. The summed E-state index contributed by atoms with van der Waals surface area (Å²) in [6.07, 6.45) is 6.12. The number of nitrogens with zero attached hydrogens (tertiary/aromatic N) is 2. The first-order valence-corrected chi connectivity index (χ1v) is 7.14. The van der Waals surface area contributed by atoms with Crippen molar-refractivity contribution < 1.29 is 4.79 Å². The lowest BCUT2D eigenvalue weighted by molar-refractivity contribution is 0.0679. The van der Waals surface area contributed by atoms with Crippen LogP contribution in [0.25, 0.3) is 0 Å². The minimum Gasteiger partial charge on any atom is -0.337 e. The second-order valence-corrected chi connectivity index (χ2v) is 5.19. The van der Waals surface area contributed by atoms with E-state index in [1.807, 2.05) is 24.1 Å². The summed E-state index contributed by atoms with van der Waals surface area (Å²) in [5, 5.41) is 3.49. The summed E-state index contributed by atoms with van der Waals surface area (Å²) in [4.78, 5) is 18.3. The molecule has 1 aliphatic carbocycles. The molecule has 1 aromatic heterocycles. The Morgan fingerprint density at radius 2 is 2.11 bits per heavy atom. The fourth-order valence-corrected chi connectivity index (χ4v) is 2.79. The highest BCUT2D eigenvalue weighted by Crippen LogP contribution is 2.23. The van der Waals surface area contributed by atoms with Crippen LogP contribution in [0.4, 0.5) is 0 Å². The molecule has 1 fully saturated rings. The van der Waals surface area contributed by atoms with E-state index >= 15 is 0 Å². The van der Waals surface area contributed by atoms with Crippen LogP contribution in [0.1, 0.15) is 43.1 Å². The van der Waals surface area contributed by atoms with Crippen LogP contribution in [0.15, 0.2) is 24.4 Å². The number of hydrogen-bond acceptors (Lipinski definition) is 3. The van der Waals surface area contributed by atoms with E-state index in [-0.39, 0.29) is 5.91 Å². The molecule has 1 amide bonds. The maximum absolute atomic E-state index is 12.3. The fraction of sp³-hybridized carbons (Fsp3) is 0.600. The van der Waals surface area contributed by atoms with Crippen molar-refractivity contribution in [2.45, 2.75) is 44.7 Å². The lowest BCUT2D eigenvalue weighted by atomic mass is 9.90. The van der Waals surface area contributed by atoms with Gasteiger partial charge in [0.2, 0.25) is 0 Å². The van der Waals surface area contributed by atoms with E-state index in [0.29, 0.717) is 17.8 Å². The molecule has 2 rings (SSSR count). The molecule has 1 aliphatic rings. The van der Waals surface area contributed by atoms with Crippen LogP contribution in [-0.2, 0) is 0 Å². The summed E-state index contributed by atoms with van der Waals surface area (Å²) in [7, 11) is 1.90. The van der Waals surface area contributed by atoms with E-state index in [9.17, 15) is 4.79 Å². The van der Waals surface area contributed by atoms with Gasteiger partial charge in [0.1, 0.15) is 5.69 Å². The van der Waals surface area contributed by atoms with E-state index in [0.717, 1.165) is 32.2 Å². The Hall–Kier alpha value is -1.42. The molecule has 0 bridgehead atoms. The van der Waals surface area contributed by atoms with Gasteiger partial charge in [0.25, 0.3) is 5.91 Å². The van der Waals surface area contributed by atoms with Crippen molar-refractivity contribution in [1.29, 1.82) is 0 Å². The number of rotatable bonds is 4. The molecule has 19 heavy (non-hydrogen) atoms. The Bertz CT molecular complexity index is 399. The molecule has 1 saturated carbocycles. The topological polar surface area (TPSA) is 45.2 Å². The summed E-state index contributed by atoms with van der Waals surface area (Å²) in [5.41, 5.74) is 0.541. The molecule has 4 nitrogen and oxygen atoms in total. The summed E-state index contributed by atoms with van der Waals surface area (Å²) in [6, 6.07) is 6.45. The lowest BCUT2D eigenvalue weighted by Gasteiger charge is -2.34. The van der Waals surface area contributed by atoms with Crippen LogP contribution in [0, 0.1) is 0 Å². The molecule has 1 N–H and O–H groups in total. The number of hydrogen-bond donors (Lipinski definition) is 1. The molecule has 4 heteroatoms. The highest BCUT2D eigenvalue weighted by Gasteiger charge is 2.26. The summed E-state index contributed by atoms with van der Waals surface area (Å²) < 4.78 is 0. The van der Waals surface area contributed by atoms with Crippen molar-refractivity contribution in [3.05, 3.63) is 30.1 Å². The van der Waals surface area contributed by atoms with Crippen molar-refractivity contribution in [1.82, 2.24) is 15.2 Å². The number of aromatic nitrogens is 1. The number of carbonyl (C=O) groups excluding carboxylic acids is 1. The zero-order valence-corrected chi connectivity index (χ0v) is 11.8. The first-order valence-electron chi connectivity index (χ1n) is 7.14. The predicted octanol–water partition coefficient (Wildman–Crippen LogP) is 2.07. The minimum atomic E-state index is 0.0347. The van der Waals surface area contributed by atoms with Gasteiger partial charge in [-0.1, -0.05) is 13.0 Å². The normalized spacial score (nSPS) is 23.1. The maximum Gasteiger partial charge on any atom is 0.272 e. The number of nitrogens with one attached hydrogen (secondary N) is 1. The molecule has 0 unspecified atom stereocenters. The van der Waals surface area contributed by atoms with Crippen LogP contribution in [0.3, 0.4) is 0 Å². The standard InChI is InChI=1S/C15H23N3O/c1-3-16-12-7-9-13(10-8-12)18(2)15(19)14-6-4-5-11-17-14/h4-6,11-13,16H,3,7-10H2,1-2H3. The average molecular weight is 261 g/mol. The van der Waals surface area contributed by atoms with Gasteiger partial charge in [0.05, 0.1) is 0 Å². The van der Waals surface area contributed by atoms with Gasteiger partial charge in [-0.25, -0.2) is 0 Å². The van der Waals surface area contributed by atoms with Crippen molar-refractivity contribution in [3.63, 3.8) is 0 Å². The molecule has 0 atom stereocenters. The van der Waals surface area contributed by atoms with Gasteiger partial charge >= 0.3 is 0 Å². The number of amides is 1. The van der Waals surface area contributed by atoms with Crippen LogP contribution in [0.5, 0.6) is 0 Å². The van der Waals surface area contributed by atoms with E-state index < -0.39 is 0 Å². The molecule has 0 aliphatic heterocycles. The van der Waals surface area contributed by atoms with Gasteiger partial charge in [-0.05, 0) is 44.4 Å². The van der Waals surface area contributed by atoms with Gasteiger partial charge in [0.15, 0.2) is 0 Å². The fourth-order valence-electron chi connectivity index (χ4n) is 2.79. The van der Waals surface area contributed by atoms with Gasteiger partial charge in [0, 0.05) is 25.3 Å². The molecule has 0 radical (unpaired) electrons. The predicted molar refractivity (Wildman–Crippen MR) is 76.1 cm³/mol. The SMILES string of the molecule is CCNC1CCC(N(C)C(=O)c2ccccn2)CC1. The van der Waals surface area contributed by atoms with Gasteiger partial charge < -0.3 is 10.2 Å². The number of carbonyl (C=O) groups is 1. The Morgan fingerprint density at radius 3 is 2.68 bits per heavy atom. The molecule has 104 valence electrons. The molecule has 0 spiro atoms. The summed E-state index contributed by atoms with van der Waals surface area (Å²) in [5.74, 6) is 0.0347. The molecular weight excluding hydrogens is 238 g/mol. The monoisotopic (exact) mass is 261 g/mol. The van der Waals surface area contributed by atoms with E-state index in [1.54, 1.807) is 12.3 Å². The molecule has 1 heterocycles. The van der Waals surface area contributed by atoms with Crippen LogP contribution in [0.2, 0.25) is 0 Å². The second kappa shape index (κ2) is 6.66. The van der Waals surface area contributed by atoms with Crippen LogP contribution >= 0.6 is 0 Å². The quantitative estimate of drug-likeness (QED) is 0.902. The first-order chi connectivity index (χ1) is 9.22. The third-order valence-electron chi connectivity index (χ3n) is 3.94. The molecular formula is C15H23N3O. The highest BCUT2D eigenvalue weighted by atomic mass is 16.2. The van der Waals surface area contributed by atoms with Gasteiger partial charge in [-0.3, -0.25) is 9.78 Å². The lowest BCUT2D eigenvalue weighted by Crippen LogP contribution is -2.43. The third-order valence-corrected chi connectivity index (χ3v) is 3.94. The molecule has 0 saturated heterocycles. The Balaban J connectivity index is 1.91. The average Bonchev–Trinajstić information content (AvgIpc) is 2.48. The van der Waals surface area contributed by atoms with E-state index in [2.05, 4.69) is 17.2 Å². The third kappa shape index (κ3) is 3.53. The Morgan fingerprint density at radius 1 is 1.37 bits per heavy atom. The van der Waals surface area contributed by atoms with Crippen molar-refractivity contribution in [2.24, 2.45) is 0 Å². The molecule has 0 aromatic carbocycles. The van der Waals surface area contributed by atoms with Crippen molar-refractivity contribution in [2.75, 3.05) is 13.6 Å². The highest BCUT2D eigenvalue weighted by molar-refractivity contribution is 5.92. The summed E-state index contributed by atoms with van der Waals surface area (Å²) >= 11 is 0. The van der Waals surface area contributed by atoms with Gasteiger partial charge in [-0.15, -0.1) is 0 Å². The van der Waals surface area contributed by atoms with Gasteiger partial charge in [-0.2, -0.15) is 0 Å². The van der Waals surface area contributed by atoms with Crippen molar-refractivity contribution in [3.8, 4) is 0 Å². The van der Waals surface area contributed by atoms with Crippen LogP contribution in [-0.4, -0.2) is 41.5 Å². The number of pyridine rings is 1. The zero-order chi connectivity index (χ0) is 13.7. The largest absolute Gasteiger partial charge is 0.337 e. The van der Waals surface area contributed by atoms with E-state index in [1.165, 1.54) is 0 Å². The smallest absolute Gasteiger partial charge is 0.272 e. The molecule has 1 aromatic rings. The Kier molecular flexibility index (Phi) is 4.91. The second-order valence-electron chi connectivity index (χ2n) is 5.19. The van der Waals surface area contributed by atoms with Crippen molar-refractivity contribution >= 4 is 5.91 Å². The Labute approximate surface area is 115 Å².